The van der Waals surface area contributed by atoms with Crippen LogP contribution in [0.4, 0.5) is 5.69 Å². The molecule has 5 heteroatoms. The molecule has 0 spiro atoms. The van der Waals surface area contributed by atoms with Crippen molar-refractivity contribution in [2.24, 2.45) is 0 Å². The normalized spacial score (nSPS) is 12.5. The summed E-state index contributed by atoms with van der Waals surface area (Å²) in [5, 5.41) is 2.86. The van der Waals surface area contributed by atoms with Crippen molar-refractivity contribution in [1.82, 2.24) is 0 Å². The van der Waals surface area contributed by atoms with Gasteiger partial charge in [0.15, 0.2) is 0 Å². The monoisotopic (exact) mass is 417 g/mol. The van der Waals surface area contributed by atoms with E-state index < -0.39 is 23.9 Å². The van der Waals surface area contributed by atoms with Crippen LogP contribution in [0.2, 0.25) is 0 Å². The molecule has 2 atom stereocenters. The number of esters is 1. The summed E-state index contributed by atoms with van der Waals surface area (Å²) in [7, 11) is 1.54. The average Bonchev–Trinajstić information content (AvgIpc) is 2.79. The summed E-state index contributed by atoms with van der Waals surface area (Å²) in [6.07, 6.45) is -0.519. The second kappa shape index (κ2) is 10.4. The van der Waals surface area contributed by atoms with Gasteiger partial charge < -0.3 is 14.8 Å². The highest BCUT2D eigenvalue weighted by Crippen LogP contribution is 2.29. The van der Waals surface area contributed by atoms with E-state index in [-0.39, 0.29) is 0 Å². The first-order valence-electron chi connectivity index (χ1n) is 10.3. The van der Waals surface area contributed by atoms with Crippen molar-refractivity contribution in [1.29, 1.82) is 0 Å². The van der Waals surface area contributed by atoms with Crippen LogP contribution in [0, 0.1) is 6.92 Å². The van der Waals surface area contributed by atoms with E-state index >= 15 is 0 Å². The predicted molar refractivity (Wildman–Crippen MR) is 121 cm³/mol. The Morgan fingerprint density at radius 3 is 2.10 bits per heavy atom. The van der Waals surface area contributed by atoms with Crippen molar-refractivity contribution < 1.29 is 19.1 Å². The van der Waals surface area contributed by atoms with Gasteiger partial charge in [0.25, 0.3) is 5.91 Å². The number of ether oxygens (including phenoxy) is 2. The number of hydrogen-bond acceptors (Lipinski definition) is 4. The fourth-order valence-electron chi connectivity index (χ4n) is 3.44. The van der Waals surface area contributed by atoms with Crippen molar-refractivity contribution in [2.75, 3.05) is 12.4 Å². The fourth-order valence-corrected chi connectivity index (χ4v) is 3.44. The van der Waals surface area contributed by atoms with Crippen LogP contribution < -0.4 is 10.1 Å². The number of rotatable bonds is 8. The maximum atomic E-state index is 13.2. The minimum absolute atomic E-state index is 0.436. The summed E-state index contributed by atoms with van der Waals surface area (Å²) < 4.78 is 11.1. The highest BCUT2D eigenvalue weighted by Gasteiger charge is 2.29. The Labute approximate surface area is 183 Å². The standard InChI is InChI=1S/C26H27NO4/c1-4-21(19-11-7-5-8-12-19)26(29)31-24(20-13-9-6-10-14-20)25(28)27-22-17-18(2)15-16-23(22)30-3/h5-17,21,24H,4H2,1-3H3,(H,27,28). The van der Waals surface area contributed by atoms with Gasteiger partial charge in [-0.3, -0.25) is 9.59 Å². The van der Waals surface area contributed by atoms with Crippen molar-refractivity contribution in [2.45, 2.75) is 32.3 Å². The topological polar surface area (TPSA) is 64.6 Å². The molecule has 3 rings (SSSR count). The predicted octanol–water partition coefficient (Wildman–Crippen LogP) is 5.42. The number of amides is 1. The first kappa shape index (κ1) is 22.1. The number of hydrogen-bond donors (Lipinski definition) is 1. The molecule has 3 aromatic rings. The molecule has 1 amide bonds. The van der Waals surface area contributed by atoms with Crippen molar-refractivity contribution in [3.8, 4) is 5.75 Å². The summed E-state index contributed by atoms with van der Waals surface area (Å²) >= 11 is 0. The summed E-state index contributed by atoms with van der Waals surface area (Å²) in [5.41, 5.74) is 2.96. The molecule has 0 aliphatic rings. The lowest BCUT2D eigenvalue weighted by atomic mass is 9.96. The third kappa shape index (κ3) is 5.51. The van der Waals surface area contributed by atoms with Crippen LogP contribution in [-0.4, -0.2) is 19.0 Å². The summed E-state index contributed by atoms with van der Waals surface area (Å²) in [6, 6.07) is 24.0. The Balaban J connectivity index is 1.88. The zero-order valence-electron chi connectivity index (χ0n) is 18.0. The third-order valence-electron chi connectivity index (χ3n) is 5.08. The largest absolute Gasteiger partial charge is 0.495 e. The van der Waals surface area contributed by atoms with Crippen LogP contribution in [0.1, 0.15) is 42.1 Å². The zero-order valence-corrected chi connectivity index (χ0v) is 18.0. The number of benzene rings is 3. The summed E-state index contributed by atoms with van der Waals surface area (Å²) in [5.74, 6) is -0.790. The van der Waals surface area contributed by atoms with E-state index in [1.54, 1.807) is 25.3 Å². The van der Waals surface area contributed by atoms with Gasteiger partial charge in [-0.15, -0.1) is 0 Å². The molecule has 0 heterocycles. The number of carbonyl (C=O) groups excluding carboxylic acids is 2. The maximum absolute atomic E-state index is 13.2. The van der Waals surface area contributed by atoms with Crippen LogP contribution >= 0.6 is 0 Å². The van der Waals surface area contributed by atoms with Gasteiger partial charge in [-0.05, 0) is 36.6 Å². The van der Waals surface area contributed by atoms with Gasteiger partial charge in [-0.1, -0.05) is 73.7 Å². The number of methoxy groups -OCH3 is 1. The van der Waals surface area contributed by atoms with E-state index in [0.29, 0.717) is 23.4 Å². The molecular weight excluding hydrogens is 390 g/mol. The Bertz CT molecular complexity index is 1020. The highest BCUT2D eigenvalue weighted by atomic mass is 16.5. The van der Waals surface area contributed by atoms with Crippen molar-refractivity contribution in [3.05, 3.63) is 95.6 Å². The molecular formula is C26H27NO4. The zero-order chi connectivity index (χ0) is 22.2. The van der Waals surface area contributed by atoms with Crippen LogP contribution in [0.3, 0.4) is 0 Å². The van der Waals surface area contributed by atoms with E-state index in [0.717, 1.165) is 11.1 Å². The van der Waals surface area contributed by atoms with E-state index in [2.05, 4.69) is 5.32 Å². The van der Waals surface area contributed by atoms with E-state index in [1.165, 1.54) is 0 Å². The van der Waals surface area contributed by atoms with Crippen molar-refractivity contribution >= 4 is 17.6 Å². The molecule has 0 saturated heterocycles. The highest BCUT2D eigenvalue weighted by molar-refractivity contribution is 5.97. The van der Waals surface area contributed by atoms with Crippen LogP contribution in [0.15, 0.2) is 78.9 Å². The van der Waals surface area contributed by atoms with Crippen LogP contribution in [0.5, 0.6) is 5.75 Å². The Kier molecular flexibility index (Phi) is 7.44. The number of nitrogens with one attached hydrogen (secondary N) is 1. The molecule has 0 aliphatic carbocycles. The number of carbonyl (C=O) groups is 2. The molecule has 0 aliphatic heterocycles. The smallest absolute Gasteiger partial charge is 0.314 e. The lowest BCUT2D eigenvalue weighted by Gasteiger charge is -2.22. The van der Waals surface area contributed by atoms with Gasteiger partial charge in [0, 0.05) is 5.56 Å². The minimum Gasteiger partial charge on any atom is -0.495 e. The first-order valence-corrected chi connectivity index (χ1v) is 10.3. The number of aryl methyl sites for hydroxylation is 1. The molecule has 0 fully saturated rings. The van der Waals surface area contributed by atoms with E-state index in [1.807, 2.05) is 74.5 Å². The molecule has 5 nitrogen and oxygen atoms in total. The second-order valence-electron chi connectivity index (χ2n) is 7.29. The molecule has 0 radical (unpaired) electrons. The van der Waals surface area contributed by atoms with E-state index in [9.17, 15) is 9.59 Å². The first-order chi connectivity index (χ1) is 15.0. The molecule has 0 saturated carbocycles. The quantitative estimate of drug-likeness (QED) is 0.497. The molecule has 3 aromatic carbocycles. The van der Waals surface area contributed by atoms with E-state index in [4.69, 9.17) is 9.47 Å². The lowest BCUT2D eigenvalue weighted by molar-refractivity contribution is -0.156. The van der Waals surface area contributed by atoms with Crippen LogP contribution in [-0.2, 0) is 14.3 Å². The SMILES string of the molecule is CCC(C(=O)OC(C(=O)Nc1cc(C)ccc1OC)c1ccccc1)c1ccccc1. The summed E-state index contributed by atoms with van der Waals surface area (Å²) in [6.45, 7) is 3.85. The second-order valence-corrected chi connectivity index (χ2v) is 7.29. The fraction of sp³-hybridized carbons (Fsp3) is 0.231. The molecule has 0 aromatic heterocycles. The van der Waals surface area contributed by atoms with Crippen molar-refractivity contribution in [3.63, 3.8) is 0 Å². The van der Waals surface area contributed by atoms with Crippen LogP contribution in [0.25, 0.3) is 0 Å². The van der Waals surface area contributed by atoms with Gasteiger partial charge in [0.05, 0.1) is 18.7 Å². The Morgan fingerprint density at radius 1 is 0.903 bits per heavy atom. The minimum atomic E-state index is -1.09. The lowest BCUT2D eigenvalue weighted by Crippen LogP contribution is -2.28. The molecule has 0 bridgehead atoms. The van der Waals surface area contributed by atoms with Gasteiger partial charge in [-0.25, -0.2) is 0 Å². The van der Waals surface area contributed by atoms with Gasteiger partial charge >= 0.3 is 5.97 Å². The van der Waals surface area contributed by atoms with Gasteiger partial charge in [0.1, 0.15) is 5.75 Å². The molecule has 2 unspecified atom stereocenters. The number of anilines is 1. The van der Waals surface area contributed by atoms with Gasteiger partial charge in [-0.2, -0.15) is 0 Å². The average molecular weight is 418 g/mol. The Hall–Kier alpha value is -3.60. The maximum Gasteiger partial charge on any atom is 0.314 e. The van der Waals surface area contributed by atoms with Gasteiger partial charge in [0.2, 0.25) is 6.10 Å². The Morgan fingerprint density at radius 2 is 1.52 bits per heavy atom. The molecule has 1 N–H and O–H groups in total. The molecule has 160 valence electrons. The summed E-state index contributed by atoms with van der Waals surface area (Å²) in [4.78, 5) is 26.3. The third-order valence-corrected chi connectivity index (χ3v) is 5.08. The molecule has 31 heavy (non-hydrogen) atoms.